The number of carbonyl (C=O) groups is 1. The first-order valence-corrected chi connectivity index (χ1v) is 11.6. The van der Waals surface area contributed by atoms with Crippen LogP contribution in [0.2, 0.25) is 0 Å². The van der Waals surface area contributed by atoms with Crippen molar-refractivity contribution in [2.45, 2.75) is 70.0 Å². The maximum absolute atomic E-state index is 12.6. The third-order valence-electron chi connectivity index (χ3n) is 5.08. The molecule has 1 unspecified atom stereocenters. The molecule has 1 aromatic heterocycles. The third-order valence-corrected chi connectivity index (χ3v) is 5.55. The van der Waals surface area contributed by atoms with Gasteiger partial charge in [0.25, 0.3) is 0 Å². The number of aromatic nitrogens is 1. The Bertz CT molecular complexity index is 822. The minimum absolute atomic E-state index is 0.220. The normalized spacial score (nSPS) is 18.9. The predicted octanol–water partition coefficient (Wildman–Crippen LogP) is 4.00. The molecule has 11 heteroatoms. The predicted molar refractivity (Wildman–Crippen MR) is 128 cm³/mol. The number of amidine groups is 1. The summed E-state index contributed by atoms with van der Waals surface area (Å²) in [7, 11) is 0. The number of hydrogen-bond donors (Lipinski definition) is 3. The molecule has 0 aliphatic carbocycles. The number of carbonyl (C=O) groups excluding carboxylic acids is 1. The highest BCUT2D eigenvalue weighted by molar-refractivity contribution is 7.97. The number of nitrogens with two attached hydrogens (primary N) is 2. The lowest BCUT2D eigenvalue weighted by molar-refractivity contribution is 0.0131. The van der Waals surface area contributed by atoms with Crippen LogP contribution in [0.4, 0.5) is 10.6 Å². The van der Waals surface area contributed by atoms with Crippen molar-refractivity contribution < 1.29 is 9.53 Å². The van der Waals surface area contributed by atoms with Crippen molar-refractivity contribution in [3.8, 4) is 0 Å². The summed E-state index contributed by atoms with van der Waals surface area (Å²) >= 11 is 1.08. The summed E-state index contributed by atoms with van der Waals surface area (Å²) in [5.74, 6) is 6.82. The molecule has 1 aromatic rings. The topological polar surface area (TPSA) is 144 Å². The number of amides is 1. The average Bonchev–Trinajstić information content (AvgIpc) is 3.02. The molecule has 0 spiro atoms. The van der Waals surface area contributed by atoms with Crippen LogP contribution in [0.5, 0.6) is 0 Å². The second-order valence-corrected chi connectivity index (χ2v) is 10.1. The lowest BCUT2D eigenvalue weighted by Gasteiger charge is -2.33. The fraction of sp³-hybridized carbons (Fsp3) is 0.667. The molecule has 32 heavy (non-hydrogen) atoms. The molecule has 0 saturated carbocycles. The summed E-state index contributed by atoms with van der Waals surface area (Å²) < 4.78 is 5.58. The highest BCUT2D eigenvalue weighted by Gasteiger charge is 2.42. The van der Waals surface area contributed by atoms with E-state index in [1.165, 1.54) is 0 Å². The van der Waals surface area contributed by atoms with Crippen LogP contribution < -0.4 is 16.3 Å². The minimum atomic E-state index is -0.498. The molecule has 1 saturated heterocycles. The number of nitrogens with one attached hydrogen (secondary N) is 1. The van der Waals surface area contributed by atoms with E-state index in [1.54, 1.807) is 0 Å². The molecule has 5 N–H and O–H groups in total. The lowest BCUT2D eigenvalue weighted by Crippen LogP contribution is -2.45. The van der Waals surface area contributed by atoms with Crippen molar-refractivity contribution in [1.29, 1.82) is 0 Å². The summed E-state index contributed by atoms with van der Waals surface area (Å²) in [6.45, 7) is 11.5. The van der Waals surface area contributed by atoms with Gasteiger partial charge in [-0.2, -0.15) is 0 Å². The van der Waals surface area contributed by atoms with Gasteiger partial charge in [0.15, 0.2) is 5.84 Å². The van der Waals surface area contributed by atoms with Gasteiger partial charge in [-0.3, -0.25) is 10.1 Å². The summed E-state index contributed by atoms with van der Waals surface area (Å²) in [5.41, 5.74) is -0.718. The molecule has 1 fully saturated rings. The Labute approximate surface area is 194 Å². The second kappa shape index (κ2) is 11.5. The quantitative estimate of drug-likeness (QED) is 0.100. The van der Waals surface area contributed by atoms with Crippen molar-refractivity contribution in [3.63, 3.8) is 0 Å². The Morgan fingerprint density at radius 2 is 2.16 bits per heavy atom. The number of hydrogen-bond acceptors (Lipinski definition) is 8. The van der Waals surface area contributed by atoms with Crippen LogP contribution in [-0.2, 0) is 4.74 Å². The van der Waals surface area contributed by atoms with Gasteiger partial charge in [-0.25, -0.2) is 9.78 Å². The van der Waals surface area contributed by atoms with E-state index in [0.717, 1.165) is 31.2 Å². The van der Waals surface area contributed by atoms with E-state index in [0.29, 0.717) is 42.2 Å². The summed E-state index contributed by atoms with van der Waals surface area (Å²) in [5, 5.41) is 16.7. The Morgan fingerprint density at radius 1 is 1.41 bits per heavy atom. The Kier molecular flexibility index (Phi) is 9.26. The Morgan fingerprint density at radius 3 is 2.81 bits per heavy atom. The van der Waals surface area contributed by atoms with Crippen molar-refractivity contribution in [3.05, 3.63) is 18.2 Å². The van der Waals surface area contributed by atoms with Crippen molar-refractivity contribution in [2.24, 2.45) is 32.2 Å². The van der Waals surface area contributed by atoms with Crippen LogP contribution in [0.25, 0.3) is 0 Å². The zero-order valence-electron chi connectivity index (χ0n) is 19.7. The molecule has 2 heterocycles. The van der Waals surface area contributed by atoms with E-state index in [1.807, 2.05) is 43.9 Å². The second-order valence-electron chi connectivity index (χ2n) is 9.46. The van der Waals surface area contributed by atoms with E-state index in [4.69, 9.17) is 15.7 Å². The molecular formula is C21H36N8O2S. The number of rotatable bonds is 8. The van der Waals surface area contributed by atoms with Gasteiger partial charge in [0.05, 0.1) is 6.54 Å². The monoisotopic (exact) mass is 464 g/mol. The van der Waals surface area contributed by atoms with E-state index in [-0.39, 0.29) is 11.6 Å². The molecule has 1 atom stereocenters. The highest BCUT2D eigenvalue weighted by Crippen LogP contribution is 2.36. The van der Waals surface area contributed by atoms with Gasteiger partial charge in [-0.15, -0.1) is 5.11 Å². The molecular weight excluding hydrogens is 428 g/mol. The van der Waals surface area contributed by atoms with Gasteiger partial charge in [0.1, 0.15) is 16.4 Å². The lowest BCUT2D eigenvalue weighted by atomic mass is 9.93. The number of nitrogens with zero attached hydrogens (tertiary/aromatic N) is 5. The molecule has 0 bridgehead atoms. The van der Waals surface area contributed by atoms with Crippen LogP contribution in [0.15, 0.2) is 38.6 Å². The standard InChI is InChI=1S/C21H36N8O2S/c1-20(2,3)31-19(30)29-14-15(12-21(29,4)5)8-7-11-24-17(27-28-22)13-25-16-9-6-10-18(26-16)32-23/h6,9-10,15H,7-8,11-14,23H2,1-5H3,(H,25,26)(H2,22,24,27). The van der Waals surface area contributed by atoms with Crippen molar-refractivity contribution in [2.75, 3.05) is 25.0 Å². The molecule has 178 valence electrons. The van der Waals surface area contributed by atoms with E-state index < -0.39 is 5.60 Å². The highest BCUT2D eigenvalue weighted by atomic mass is 32.2. The van der Waals surface area contributed by atoms with E-state index in [2.05, 4.69) is 39.5 Å². The smallest absolute Gasteiger partial charge is 0.410 e. The summed E-state index contributed by atoms with van der Waals surface area (Å²) in [4.78, 5) is 23.3. The minimum Gasteiger partial charge on any atom is -0.444 e. The first-order chi connectivity index (χ1) is 15.0. The van der Waals surface area contributed by atoms with Crippen LogP contribution in [-0.4, -0.2) is 52.6 Å². The molecule has 1 aliphatic rings. The number of likely N-dealkylation sites (tertiary alicyclic amines) is 1. The largest absolute Gasteiger partial charge is 0.444 e. The molecule has 0 radical (unpaired) electrons. The molecule has 2 rings (SSSR count). The zero-order valence-corrected chi connectivity index (χ0v) is 20.5. The molecule has 10 nitrogen and oxygen atoms in total. The first-order valence-electron chi connectivity index (χ1n) is 10.8. The fourth-order valence-corrected chi connectivity index (χ4v) is 4.05. The first kappa shape index (κ1) is 25.9. The van der Waals surface area contributed by atoms with Crippen LogP contribution >= 0.6 is 11.9 Å². The third kappa shape index (κ3) is 8.27. The SMILES string of the molecule is CC(C)(C)OC(=O)N1CC(CCCN=C(CNc2cccc(SN)n2)N=NN)CC1(C)C. The van der Waals surface area contributed by atoms with Crippen LogP contribution in [0, 0.1) is 5.92 Å². The maximum atomic E-state index is 12.6. The number of ether oxygens (including phenoxy) is 1. The number of aliphatic imine (C=N–C) groups is 1. The van der Waals surface area contributed by atoms with Crippen LogP contribution in [0.1, 0.15) is 53.9 Å². The number of pyridine rings is 1. The fourth-order valence-electron chi connectivity index (χ4n) is 3.74. The van der Waals surface area contributed by atoms with Gasteiger partial charge in [-0.1, -0.05) is 11.3 Å². The molecule has 1 amide bonds. The Hall–Kier alpha value is -2.40. The van der Waals surface area contributed by atoms with Crippen LogP contribution in [0.3, 0.4) is 0 Å². The average molecular weight is 465 g/mol. The molecule has 0 aromatic carbocycles. The van der Waals surface area contributed by atoms with Gasteiger partial charge < -0.3 is 20.8 Å². The Balaban J connectivity index is 1.84. The summed E-state index contributed by atoms with van der Waals surface area (Å²) in [6, 6.07) is 5.54. The summed E-state index contributed by atoms with van der Waals surface area (Å²) in [6.07, 6.45) is 2.53. The zero-order chi connectivity index (χ0) is 23.8. The van der Waals surface area contributed by atoms with Gasteiger partial charge >= 0.3 is 6.09 Å². The van der Waals surface area contributed by atoms with E-state index in [9.17, 15) is 4.79 Å². The van der Waals surface area contributed by atoms with Gasteiger partial charge in [0, 0.05) is 18.6 Å². The van der Waals surface area contributed by atoms with Gasteiger partial charge in [-0.05, 0) is 83.9 Å². The molecule has 1 aliphatic heterocycles. The van der Waals surface area contributed by atoms with Gasteiger partial charge in [0.2, 0.25) is 0 Å². The van der Waals surface area contributed by atoms with Crippen molar-refractivity contribution >= 4 is 29.7 Å². The van der Waals surface area contributed by atoms with E-state index >= 15 is 0 Å². The maximum Gasteiger partial charge on any atom is 0.410 e. The number of anilines is 1. The van der Waals surface area contributed by atoms with Crippen molar-refractivity contribution in [1.82, 2.24) is 9.88 Å².